The molecule has 0 aliphatic rings. The molecule has 5 nitrogen and oxygen atoms in total. The zero-order valence-corrected chi connectivity index (χ0v) is 13.4. The van der Waals surface area contributed by atoms with Crippen molar-refractivity contribution in [2.75, 3.05) is 11.6 Å². The molecule has 1 aromatic carbocycles. The van der Waals surface area contributed by atoms with E-state index >= 15 is 0 Å². The predicted octanol–water partition coefficient (Wildman–Crippen LogP) is 4.35. The van der Waals surface area contributed by atoms with Gasteiger partial charge in [-0.1, -0.05) is 23.9 Å². The van der Waals surface area contributed by atoms with Gasteiger partial charge in [0.2, 0.25) is 5.69 Å². The van der Waals surface area contributed by atoms with Crippen LogP contribution in [0.25, 0.3) is 9.69 Å². The van der Waals surface area contributed by atoms with E-state index in [4.69, 9.17) is 13.1 Å². The smallest absolute Gasteiger partial charge is 0.363 e. The number of hydrogen-bond acceptors (Lipinski definition) is 4. The number of benzene rings is 1. The molecular weight excluding hydrogens is 313 g/mol. The zero-order valence-electron chi connectivity index (χ0n) is 12.6. The molecule has 0 aliphatic heterocycles. The van der Waals surface area contributed by atoms with Crippen LogP contribution in [-0.2, 0) is 0 Å². The predicted molar refractivity (Wildman–Crippen MR) is 88.2 cm³/mol. The second-order valence-corrected chi connectivity index (χ2v) is 5.49. The third kappa shape index (κ3) is 4.18. The third-order valence-corrected chi connectivity index (χ3v) is 3.70. The summed E-state index contributed by atoms with van der Waals surface area (Å²) in [7, 11) is 0. The molecule has 0 saturated carbocycles. The van der Waals surface area contributed by atoms with Crippen LogP contribution < -0.4 is 5.32 Å². The number of anilines is 1. The Kier molecular flexibility index (Phi) is 5.51. The van der Waals surface area contributed by atoms with E-state index in [0.29, 0.717) is 16.7 Å². The fourth-order valence-corrected chi connectivity index (χ4v) is 2.34. The lowest BCUT2D eigenvalue weighted by Gasteiger charge is -2.15. The molecule has 23 heavy (non-hydrogen) atoms. The third-order valence-electron chi connectivity index (χ3n) is 3.15. The van der Waals surface area contributed by atoms with Crippen LogP contribution in [0.15, 0.2) is 35.5 Å². The molecule has 0 saturated heterocycles. The van der Waals surface area contributed by atoms with Crippen molar-refractivity contribution >= 4 is 17.6 Å². The SMILES string of the molecule is [C-]#[N+]C([N+]#[C-])c1cc(N[C@@H](C)c2ccc(F)cc2)nc(SC)n1. The van der Waals surface area contributed by atoms with E-state index in [2.05, 4.69) is 25.0 Å². The second-order valence-electron chi connectivity index (χ2n) is 4.71. The van der Waals surface area contributed by atoms with Gasteiger partial charge in [-0.2, -0.15) is 0 Å². The molecule has 1 N–H and O–H groups in total. The molecule has 116 valence electrons. The molecule has 0 spiro atoms. The van der Waals surface area contributed by atoms with Crippen molar-refractivity contribution in [1.29, 1.82) is 0 Å². The van der Waals surface area contributed by atoms with Crippen LogP contribution in [0.5, 0.6) is 0 Å². The molecule has 0 amide bonds. The Morgan fingerprint density at radius 1 is 1.17 bits per heavy atom. The summed E-state index contributed by atoms with van der Waals surface area (Å²) in [5.41, 5.74) is 1.28. The molecule has 2 rings (SSSR count). The minimum absolute atomic E-state index is 0.104. The van der Waals surface area contributed by atoms with E-state index in [1.807, 2.05) is 13.2 Å². The van der Waals surface area contributed by atoms with Gasteiger partial charge in [0.05, 0.1) is 0 Å². The van der Waals surface area contributed by atoms with Crippen LogP contribution in [0, 0.1) is 19.0 Å². The lowest BCUT2D eigenvalue weighted by Crippen LogP contribution is -2.10. The number of thioether (sulfide) groups is 1. The van der Waals surface area contributed by atoms with Crippen molar-refractivity contribution in [1.82, 2.24) is 9.97 Å². The van der Waals surface area contributed by atoms with E-state index in [1.54, 1.807) is 18.2 Å². The summed E-state index contributed by atoms with van der Waals surface area (Å²) in [6.07, 6.45) is 0.863. The minimum atomic E-state index is -0.967. The number of halogens is 1. The van der Waals surface area contributed by atoms with E-state index in [-0.39, 0.29) is 11.9 Å². The highest BCUT2D eigenvalue weighted by Crippen LogP contribution is 2.25. The monoisotopic (exact) mass is 327 g/mol. The number of aromatic nitrogens is 2. The number of nitrogens with zero attached hydrogens (tertiary/aromatic N) is 4. The second kappa shape index (κ2) is 7.57. The summed E-state index contributed by atoms with van der Waals surface area (Å²) >= 11 is 1.34. The summed E-state index contributed by atoms with van der Waals surface area (Å²) in [6.45, 7) is 16.1. The lowest BCUT2D eigenvalue weighted by atomic mass is 10.1. The van der Waals surface area contributed by atoms with Gasteiger partial charge < -0.3 is 5.32 Å². The van der Waals surface area contributed by atoms with Crippen molar-refractivity contribution in [2.45, 2.75) is 24.3 Å². The number of hydrogen-bond donors (Lipinski definition) is 1. The Morgan fingerprint density at radius 2 is 1.83 bits per heavy atom. The quantitative estimate of drug-likeness (QED) is 0.504. The average Bonchev–Trinajstić information content (AvgIpc) is 2.56. The van der Waals surface area contributed by atoms with Gasteiger partial charge >= 0.3 is 6.17 Å². The van der Waals surface area contributed by atoms with Crippen molar-refractivity contribution in [2.24, 2.45) is 0 Å². The van der Waals surface area contributed by atoms with Crippen molar-refractivity contribution in [3.05, 3.63) is 70.2 Å². The van der Waals surface area contributed by atoms with Gasteiger partial charge in [-0.3, -0.25) is 0 Å². The summed E-state index contributed by atoms with van der Waals surface area (Å²) in [5.74, 6) is 0.250. The molecule has 0 radical (unpaired) electrons. The zero-order chi connectivity index (χ0) is 16.8. The first-order valence-electron chi connectivity index (χ1n) is 6.75. The van der Waals surface area contributed by atoms with Crippen LogP contribution in [0.2, 0.25) is 0 Å². The average molecular weight is 327 g/mol. The topological polar surface area (TPSA) is 46.5 Å². The molecule has 1 aromatic heterocycles. The van der Waals surface area contributed by atoms with Crippen LogP contribution >= 0.6 is 11.8 Å². The molecule has 0 aliphatic carbocycles. The van der Waals surface area contributed by atoms with Gasteiger partial charge in [0.25, 0.3) is 0 Å². The molecule has 2 aromatic rings. The van der Waals surface area contributed by atoms with Gasteiger partial charge in [-0.15, -0.1) is 0 Å². The van der Waals surface area contributed by atoms with Crippen molar-refractivity contribution in [3.8, 4) is 0 Å². The highest BCUT2D eigenvalue weighted by Gasteiger charge is 2.24. The van der Waals surface area contributed by atoms with E-state index in [0.717, 1.165) is 5.56 Å². The maximum Gasteiger partial charge on any atom is 0.519 e. The molecule has 0 unspecified atom stereocenters. The first kappa shape index (κ1) is 16.7. The fraction of sp³-hybridized carbons (Fsp3) is 0.250. The maximum absolute atomic E-state index is 13.0. The van der Waals surface area contributed by atoms with E-state index in [9.17, 15) is 4.39 Å². The number of nitrogens with one attached hydrogen (secondary N) is 1. The number of rotatable bonds is 5. The molecule has 0 fully saturated rings. The lowest BCUT2D eigenvalue weighted by molar-refractivity contribution is 0.626. The first-order chi connectivity index (χ1) is 11.1. The van der Waals surface area contributed by atoms with Crippen LogP contribution in [0.4, 0.5) is 10.2 Å². The van der Waals surface area contributed by atoms with Gasteiger partial charge in [0.1, 0.15) is 11.6 Å². The van der Waals surface area contributed by atoms with E-state index in [1.165, 1.54) is 23.9 Å². The molecule has 1 heterocycles. The standard InChI is InChI=1S/C16H14FN5S/c1-10(11-5-7-12(17)8-6-11)20-14-9-13(15(18-2)19-3)21-16(22-14)23-4/h5-10,15H,1,4H3,(H,20,21,22)/t10-/m0/s1. The highest BCUT2D eigenvalue weighted by molar-refractivity contribution is 7.98. The first-order valence-corrected chi connectivity index (χ1v) is 7.98. The maximum atomic E-state index is 13.0. The van der Waals surface area contributed by atoms with Crippen molar-refractivity contribution < 1.29 is 4.39 Å². The largest absolute Gasteiger partial charge is 0.519 e. The Hall–Kier alpha value is -2.64. The van der Waals surface area contributed by atoms with Gasteiger partial charge in [-0.05, 0) is 30.9 Å². The van der Waals surface area contributed by atoms with Crippen LogP contribution in [0.1, 0.15) is 30.4 Å². The molecule has 0 bridgehead atoms. The van der Waals surface area contributed by atoms with Crippen LogP contribution in [0.3, 0.4) is 0 Å². The van der Waals surface area contributed by atoms with Gasteiger partial charge in [-0.25, -0.2) is 37.2 Å². The summed E-state index contributed by atoms with van der Waals surface area (Å²) in [5, 5.41) is 3.70. The van der Waals surface area contributed by atoms with Gasteiger partial charge in [0.15, 0.2) is 5.16 Å². The van der Waals surface area contributed by atoms with Gasteiger partial charge in [0, 0.05) is 12.1 Å². The van der Waals surface area contributed by atoms with Crippen LogP contribution in [-0.4, -0.2) is 16.2 Å². The normalized spacial score (nSPS) is 11.6. The molecular formula is C16H14FN5S. The Morgan fingerprint density at radius 3 is 2.39 bits per heavy atom. The minimum Gasteiger partial charge on any atom is -0.363 e. The summed E-state index contributed by atoms with van der Waals surface area (Å²) in [6, 6.07) is 7.71. The van der Waals surface area contributed by atoms with E-state index < -0.39 is 6.17 Å². The highest BCUT2D eigenvalue weighted by atomic mass is 32.2. The molecule has 1 atom stereocenters. The van der Waals surface area contributed by atoms with Crippen molar-refractivity contribution in [3.63, 3.8) is 0 Å². The Labute approximate surface area is 138 Å². The Balaban J connectivity index is 2.28. The summed E-state index contributed by atoms with van der Waals surface area (Å²) < 4.78 is 13.0. The Bertz CT molecular complexity index is 750. The molecule has 7 heteroatoms. The summed E-state index contributed by atoms with van der Waals surface area (Å²) in [4.78, 5) is 15.1. The fourth-order valence-electron chi connectivity index (χ4n) is 1.96.